The number of phenolic OH excluding ortho intramolecular Hbond substituents is 1. The van der Waals surface area contributed by atoms with E-state index in [0.717, 1.165) is 22.5 Å². The minimum Gasteiger partial charge on any atom is -0.508 e. The van der Waals surface area contributed by atoms with E-state index in [0.29, 0.717) is 5.56 Å². The summed E-state index contributed by atoms with van der Waals surface area (Å²) in [6.07, 6.45) is -0.117. The Morgan fingerprint density at radius 1 is 0.787 bits per heavy atom. The van der Waals surface area contributed by atoms with Crippen LogP contribution in [0.1, 0.15) is 52.7 Å². The zero-order valence-electron chi connectivity index (χ0n) is 27.5. The molecule has 0 spiro atoms. The van der Waals surface area contributed by atoms with E-state index in [1.54, 1.807) is 26.8 Å². The van der Waals surface area contributed by atoms with Crippen molar-refractivity contribution in [3.63, 3.8) is 0 Å². The Labute approximate surface area is 279 Å². The molecule has 252 valence electrons. The molecule has 0 aliphatic rings. The molecule has 0 unspecified atom stereocenters. The number of rotatable bonds is 12. The smallest absolute Gasteiger partial charge is 0.261 e. The summed E-state index contributed by atoms with van der Waals surface area (Å²) in [7, 11) is -11.3. The average molecular weight is 699 g/mol. The van der Waals surface area contributed by atoms with E-state index in [2.05, 4.69) is 54.5 Å². The number of anilines is 1. The van der Waals surface area contributed by atoms with E-state index < -0.39 is 45.5 Å². The van der Waals surface area contributed by atoms with Crippen molar-refractivity contribution in [3.8, 4) is 5.75 Å². The number of hydrogen-bond donors (Lipinski definition) is 3. The standard InChI is InChI=1S/C35H43FN2O6S2Si/c1-34(2,3)38-46(42,43)33-23-26(17-20-31(33)37-45(40,41)22-21-27-18-19-28(36)24-32(27)39)25-44-47(35(4,5)6,29-13-9-7-10-14-29)30-15-11-8-12-16-30/h7-20,23-24,37-39H,21-22,25H2,1-6H3. The molecular formula is C35H43FN2O6S2Si. The molecule has 0 fully saturated rings. The van der Waals surface area contributed by atoms with Gasteiger partial charge < -0.3 is 9.53 Å². The van der Waals surface area contributed by atoms with Crippen molar-refractivity contribution in [3.05, 3.63) is 114 Å². The van der Waals surface area contributed by atoms with Gasteiger partial charge in [0.1, 0.15) is 16.5 Å². The van der Waals surface area contributed by atoms with E-state index in [1.807, 2.05) is 36.4 Å². The van der Waals surface area contributed by atoms with Crippen molar-refractivity contribution in [2.75, 3.05) is 10.5 Å². The molecule has 0 saturated heterocycles. The van der Waals surface area contributed by atoms with Gasteiger partial charge in [0.05, 0.1) is 18.0 Å². The zero-order valence-corrected chi connectivity index (χ0v) is 30.2. The number of aromatic hydroxyl groups is 1. The van der Waals surface area contributed by atoms with Crippen LogP contribution in [0, 0.1) is 5.82 Å². The van der Waals surface area contributed by atoms with Crippen LogP contribution in [0.3, 0.4) is 0 Å². The summed E-state index contributed by atoms with van der Waals surface area (Å²) >= 11 is 0. The largest absolute Gasteiger partial charge is 0.508 e. The number of phenols is 1. The number of nitrogens with one attached hydrogen (secondary N) is 2. The number of halogens is 1. The SMILES string of the molecule is CC(C)(C)NS(=O)(=O)c1cc(CO[Si](c2ccccc2)(c2ccccc2)C(C)(C)C)ccc1NS(=O)(=O)CCc1ccc(F)cc1O. The zero-order chi connectivity index (χ0) is 34.7. The molecule has 0 atom stereocenters. The molecule has 4 aromatic rings. The Bertz CT molecular complexity index is 1870. The first-order valence-corrected chi connectivity index (χ1v) is 20.3. The lowest BCUT2D eigenvalue weighted by Gasteiger charge is -2.43. The summed E-state index contributed by atoms with van der Waals surface area (Å²) in [5.41, 5.74) is -0.183. The first-order chi connectivity index (χ1) is 21.8. The normalized spacial score (nSPS) is 13.0. The Morgan fingerprint density at radius 2 is 1.36 bits per heavy atom. The molecule has 0 aliphatic heterocycles. The topological polar surface area (TPSA) is 122 Å². The van der Waals surface area contributed by atoms with Crippen molar-refractivity contribution in [1.82, 2.24) is 4.72 Å². The molecule has 4 aromatic carbocycles. The Hall–Kier alpha value is -3.55. The number of benzene rings is 4. The fraction of sp³-hybridized carbons (Fsp3) is 0.314. The Balaban J connectivity index is 1.73. The van der Waals surface area contributed by atoms with Crippen LogP contribution < -0.4 is 19.8 Å². The molecule has 0 amide bonds. The van der Waals surface area contributed by atoms with E-state index in [9.17, 15) is 26.3 Å². The number of aryl methyl sites for hydroxylation is 1. The van der Waals surface area contributed by atoms with Crippen LogP contribution in [0.4, 0.5) is 10.1 Å². The molecule has 3 N–H and O–H groups in total. The van der Waals surface area contributed by atoms with Crippen molar-refractivity contribution < 1.29 is 30.8 Å². The van der Waals surface area contributed by atoms with Crippen LogP contribution in [-0.2, 0) is 37.5 Å². The summed E-state index contributed by atoms with van der Waals surface area (Å²) in [5, 5.41) is 11.8. The van der Waals surface area contributed by atoms with E-state index in [4.69, 9.17) is 4.43 Å². The minimum absolute atomic E-state index is 0.0716. The van der Waals surface area contributed by atoms with Gasteiger partial charge in [-0.2, -0.15) is 0 Å². The summed E-state index contributed by atoms with van der Waals surface area (Å²) in [6.45, 7) is 11.6. The molecule has 0 aliphatic carbocycles. The molecule has 0 heterocycles. The van der Waals surface area contributed by atoms with E-state index >= 15 is 0 Å². The van der Waals surface area contributed by atoms with Crippen LogP contribution in [0.2, 0.25) is 5.04 Å². The number of hydrogen-bond acceptors (Lipinski definition) is 6. The maximum absolute atomic E-state index is 13.7. The summed E-state index contributed by atoms with van der Waals surface area (Å²) in [4.78, 5) is -0.246. The van der Waals surface area contributed by atoms with E-state index in [1.165, 1.54) is 18.2 Å². The second kappa shape index (κ2) is 13.9. The van der Waals surface area contributed by atoms with E-state index in [-0.39, 0.29) is 40.0 Å². The van der Waals surface area contributed by atoms with Crippen molar-refractivity contribution in [2.24, 2.45) is 0 Å². The highest BCUT2D eigenvalue weighted by molar-refractivity contribution is 7.93. The highest BCUT2D eigenvalue weighted by Crippen LogP contribution is 2.37. The fourth-order valence-electron chi connectivity index (χ4n) is 5.59. The van der Waals surface area contributed by atoms with Crippen molar-refractivity contribution in [2.45, 2.75) is 70.0 Å². The molecule has 47 heavy (non-hydrogen) atoms. The van der Waals surface area contributed by atoms with Gasteiger partial charge in [0.15, 0.2) is 0 Å². The second-order valence-electron chi connectivity index (χ2n) is 13.6. The lowest BCUT2D eigenvalue weighted by Crippen LogP contribution is -2.66. The van der Waals surface area contributed by atoms with Gasteiger partial charge in [-0.15, -0.1) is 0 Å². The van der Waals surface area contributed by atoms with Crippen LogP contribution in [0.5, 0.6) is 5.75 Å². The van der Waals surface area contributed by atoms with Gasteiger partial charge in [-0.1, -0.05) is 93.6 Å². The monoisotopic (exact) mass is 698 g/mol. The van der Waals surface area contributed by atoms with Crippen LogP contribution >= 0.6 is 0 Å². The molecule has 0 aromatic heterocycles. The van der Waals surface area contributed by atoms with Gasteiger partial charge in [0, 0.05) is 11.6 Å². The van der Waals surface area contributed by atoms with Gasteiger partial charge in [-0.05, 0) is 71.9 Å². The summed E-state index contributed by atoms with van der Waals surface area (Å²) < 4.78 is 79.3. The lowest BCUT2D eigenvalue weighted by molar-refractivity contribution is 0.286. The first-order valence-electron chi connectivity index (χ1n) is 15.2. The molecule has 0 bridgehead atoms. The third kappa shape index (κ3) is 8.88. The third-order valence-electron chi connectivity index (χ3n) is 7.60. The molecule has 12 heteroatoms. The highest BCUT2D eigenvalue weighted by Gasteiger charge is 2.50. The number of sulfonamides is 2. The van der Waals surface area contributed by atoms with Gasteiger partial charge in [0.2, 0.25) is 20.0 Å². The lowest BCUT2D eigenvalue weighted by atomic mass is 10.1. The summed E-state index contributed by atoms with van der Waals surface area (Å²) in [6, 6.07) is 28.0. The first kappa shape index (κ1) is 36.3. The highest BCUT2D eigenvalue weighted by atomic mass is 32.2. The Morgan fingerprint density at radius 3 is 1.87 bits per heavy atom. The van der Waals surface area contributed by atoms with Crippen LogP contribution in [0.15, 0.2) is 102 Å². The summed E-state index contributed by atoms with van der Waals surface area (Å²) in [5.74, 6) is -1.48. The van der Waals surface area contributed by atoms with Gasteiger partial charge >= 0.3 is 0 Å². The second-order valence-corrected chi connectivity index (χ2v) is 21.4. The molecule has 8 nitrogen and oxygen atoms in total. The maximum Gasteiger partial charge on any atom is 0.261 e. The average Bonchev–Trinajstić information content (AvgIpc) is 2.96. The van der Waals surface area contributed by atoms with Crippen molar-refractivity contribution >= 4 is 44.4 Å². The van der Waals surface area contributed by atoms with Crippen molar-refractivity contribution in [1.29, 1.82) is 0 Å². The Kier molecular flexibility index (Phi) is 10.7. The minimum atomic E-state index is -4.21. The van der Waals surface area contributed by atoms with Gasteiger partial charge in [0.25, 0.3) is 8.32 Å². The predicted octanol–water partition coefficient (Wildman–Crippen LogP) is 5.67. The van der Waals surface area contributed by atoms with Gasteiger partial charge in [-0.25, -0.2) is 25.9 Å². The third-order valence-corrected chi connectivity index (χ3v) is 15.7. The van der Waals surface area contributed by atoms with Crippen LogP contribution in [0.25, 0.3) is 0 Å². The predicted molar refractivity (Wildman–Crippen MR) is 188 cm³/mol. The molecule has 0 saturated carbocycles. The molecule has 0 radical (unpaired) electrons. The fourth-order valence-corrected chi connectivity index (χ4v) is 12.9. The quantitative estimate of drug-likeness (QED) is 0.164. The molecular weight excluding hydrogens is 656 g/mol. The van der Waals surface area contributed by atoms with Crippen LogP contribution in [-0.4, -0.2) is 41.6 Å². The maximum atomic E-state index is 13.7. The van der Waals surface area contributed by atoms with Gasteiger partial charge in [-0.3, -0.25) is 4.72 Å². The molecule has 4 rings (SSSR count).